The van der Waals surface area contributed by atoms with E-state index < -0.39 is 12.8 Å². The molecule has 1 aromatic carbocycles. The van der Waals surface area contributed by atoms with Crippen molar-refractivity contribution in [1.82, 2.24) is 9.88 Å². The lowest BCUT2D eigenvalue weighted by Crippen LogP contribution is -2.26. The Balaban J connectivity index is 2.03. The van der Waals surface area contributed by atoms with E-state index in [1.807, 2.05) is 0 Å². The standard InChI is InChI=1S/C16H13Cl2F3N2O2/c1-23(8-11-3-2-4-12(17)14(11)18)15(24)10-5-6-13(22-7-10)25-9-16(19,20)21/h2-7H,8-9H2,1H3. The molecule has 1 heterocycles. The van der Waals surface area contributed by atoms with E-state index in [2.05, 4.69) is 9.72 Å². The quantitative estimate of drug-likeness (QED) is 0.746. The monoisotopic (exact) mass is 392 g/mol. The van der Waals surface area contributed by atoms with Gasteiger partial charge in [-0.15, -0.1) is 0 Å². The van der Waals surface area contributed by atoms with Crippen LogP contribution in [0.1, 0.15) is 15.9 Å². The van der Waals surface area contributed by atoms with E-state index in [0.29, 0.717) is 15.6 Å². The molecule has 4 nitrogen and oxygen atoms in total. The lowest BCUT2D eigenvalue weighted by Gasteiger charge is -2.18. The number of rotatable bonds is 5. The number of aromatic nitrogens is 1. The summed E-state index contributed by atoms with van der Waals surface area (Å²) in [4.78, 5) is 17.5. The van der Waals surface area contributed by atoms with Gasteiger partial charge in [0.2, 0.25) is 5.88 Å². The summed E-state index contributed by atoms with van der Waals surface area (Å²) in [6.07, 6.45) is -3.29. The molecule has 9 heteroatoms. The van der Waals surface area contributed by atoms with Crippen molar-refractivity contribution >= 4 is 29.1 Å². The topological polar surface area (TPSA) is 42.4 Å². The largest absolute Gasteiger partial charge is 0.468 e. The predicted molar refractivity (Wildman–Crippen MR) is 88.0 cm³/mol. The first-order valence-electron chi connectivity index (χ1n) is 7.01. The molecule has 0 atom stereocenters. The van der Waals surface area contributed by atoms with E-state index in [1.54, 1.807) is 25.2 Å². The van der Waals surface area contributed by atoms with Crippen LogP contribution >= 0.6 is 23.2 Å². The van der Waals surface area contributed by atoms with Crippen LogP contribution < -0.4 is 4.74 Å². The van der Waals surface area contributed by atoms with Gasteiger partial charge in [-0.3, -0.25) is 4.79 Å². The van der Waals surface area contributed by atoms with Crippen molar-refractivity contribution in [2.45, 2.75) is 12.7 Å². The summed E-state index contributed by atoms with van der Waals surface area (Å²) < 4.78 is 40.8. The first-order chi connectivity index (χ1) is 11.7. The van der Waals surface area contributed by atoms with Gasteiger partial charge in [-0.1, -0.05) is 35.3 Å². The number of alkyl halides is 3. The minimum Gasteiger partial charge on any atom is -0.468 e. The molecule has 0 saturated heterocycles. The van der Waals surface area contributed by atoms with Crippen LogP contribution in [0.25, 0.3) is 0 Å². The van der Waals surface area contributed by atoms with E-state index in [9.17, 15) is 18.0 Å². The normalized spacial score (nSPS) is 11.3. The first-order valence-corrected chi connectivity index (χ1v) is 7.77. The number of halogens is 5. The zero-order valence-corrected chi connectivity index (χ0v) is 14.5. The van der Waals surface area contributed by atoms with Gasteiger partial charge in [-0.25, -0.2) is 4.98 Å². The maximum Gasteiger partial charge on any atom is 0.422 e. The highest BCUT2D eigenvalue weighted by atomic mass is 35.5. The van der Waals surface area contributed by atoms with Crippen LogP contribution in [0.4, 0.5) is 13.2 Å². The molecule has 0 saturated carbocycles. The molecule has 25 heavy (non-hydrogen) atoms. The molecule has 0 radical (unpaired) electrons. The van der Waals surface area contributed by atoms with Crippen molar-refractivity contribution < 1.29 is 22.7 Å². The van der Waals surface area contributed by atoms with Gasteiger partial charge in [0.05, 0.1) is 15.6 Å². The summed E-state index contributed by atoms with van der Waals surface area (Å²) in [5.74, 6) is -0.583. The average molecular weight is 393 g/mol. The summed E-state index contributed by atoms with van der Waals surface area (Å²) in [5, 5.41) is 0.741. The molecule has 134 valence electrons. The zero-order valence-electron chi connectivity index (χ0n) is 13.0. The van der Waals surface area contributed by atoms with Crippen LogP contribution in [0.5, 0.6) is 5.88 Å². The van der Waals surface area contributed by atoms with Gasteiger partial charge in [-0.05, 0) is 17.7 Å². The van der Waals surface area contributed by atoms with Gasteiger partial charge in [-0.2, -0.15) is 13.2 Å². The second-order valence-corrected chi connectivity index (χ2v) is 5.95. The molecule has 0 N–H and O–H groups in total. The Morgan fingerprint density at radius 2 is 1.96 bits per heavy atom. The molecule has 0 fully saturated rings. The maximum absolute atomic E-state index is 12.4. The lowest BCUT2D eigenvalue weighted by atomic mass is 10.2. The average Bonchev–Trinajstić information content (AvgIpc) is 2.56. The third-order valence-electron chi connectivity index (χ3n) is 3.15. The van der Waals surface area contributed by atoms with Gasteiger partial charge in [0.15, 0.2) is 6.61 Å². The number of hydrogen-bond donors (Lipinski definition) is 0. The minimum absolute atomic E-state index is 0.208. The Hall–Kier alpha value is -1.99. The fraction of sp³-hybridized carbons (Fsp3) is 0.250. The van der Waals surface area contributed by atoms with Crippen molar-refractivity contribution in [3.05, 3.63) is 57.7 Å². The van der Waals surface area contributed by atoms with Gasteiger partial charge in [0.1, 0.15) is 0 Å². The third kappa shape index (κ3) is 5.51. The number of carbonyl (C=O) groups excluding carboxylic acids is 1. The molecule has 0 aliphatic carbocycles. The van der Waals surface area contributed by atoms with E-state index >= 15 is 0 Å². The number of ether oxygens (including phenoxy) is 1. The maximum atomic E-state index is 12.4. The van der Waals surface area contributed by atoms with Crippen LogP contribution in [0.2, 0.25) is 10.0 Å². The smallest absolute Gasteiger partial charge is 0.422 e. The highest BCUT2D eigenvalue weighted by Gasteiger charge is 2.28. The third-order valence-corrected chi connectivity index (χ3v) is 4.01. The van der Waals surface area contributed by atoms with Gasteiger partial charge in [0, 0.05) is 25.9 Å². The Morgan fingerprint density at radius 1 is 1.24 bits per heavy atom. The number of benzene rings is 1. The van der Waals surface area contributed by atoms with Crippen LogP contribution in [0.15, 0.2) is 36.5 Å². The van der Waals surface area contributed by atoms with E-state index in [1.165, 1.54) is 17.0 Å². The van der Waals surface area contributed by atoms with E-state index in [-0.39, 0.29) is 23.9 Å². The van der Waals surface area contributed by atoms with Gasteiger partial charge < -0.3 is 9.64 Å². The summed E-state index contributed by atoms with van der Waals surface area (Å²) in [6, 6.07) is 7.65. The van der Waals surface area contributed by atoms with Crippen molar-refractivity contribution in [2.75, 3.05) is 13.7 Å². The number of hydrogen-bond acceptors (Lipinski definition) is 3. The molecule has 0 unspecified atom stereocenters. The van der Waals surface area contributed by atoms with E-state index in [4.69, 9.17) is 23.2 Å². The number of carbonyl (C=O) groups is 1. The van der Waals surface area contributed by atoms with E-state index in [0.717, 1.165) is 6.20 Å². The molecule has 2 aromatic rings. The van der Waals surface area contributed by atoms with Crippen molar-refractivity contribution in [3.63, 3.8) is 0 Å². The molecule has 0 aliphatic rings. The second-order valence-electron chi connectivity index (χ2n) is 5.16. The SMILES string of the molecule is CN(Cc1cccc(Cl)c1Cl)C(=O)c1ccc(OCC(F)(F)F)nc1. The molecule has 0 aliphatic heterocycles. The molecule has 1 aromatic heterocycles. The summed E-state index contributed by atoms with van der Waals surface area (Å²) in [6.45, 7) is -1.23. The fourth-order valence-corrected chi connectivity index (χ4v) is 2.35. The molecular formula is C16H13Cl2F3N2O2. The molecule has 1 amide bonds. The summed E-state index contributed by atoms with van der Waals surface area (Å²) in [7, 11) is 1.56. The Bertz CT molecular complexity index is 752. The van der Waals surface area contributed by atoms with Gasteiger partial charge >= 0.3 is 6.18 Å². The van der Waals surface area contributed by atoms with Crippen LogP contribution in [-0.2, 0) is 6.54 Å². The molecule has 0 spiro atoms. The Morgan fingerprint density at radius 3 is 2.56 bits per heavy atom. The zero-order chi connectivity index (χ0) is 18.6. The predicted octanol–water partition coefficient (Wildman–Crippen LogP) is 4.60. The number of amides is 1. The summed E-state index contributed by atoms with van der Waals surface area (Å²) in [5.41, 5.74) is 0.878. The van der Waals surface area contributed by atoms with Crippen molar-refractivity contribution in [2.24, 2.45) is 0 Å². The Kier molecular flexibility index (Phi) is 6.13. The lowest BCUT2D eigenvalue weighted by molar-refractivity contribution is -0.154. The molecule has 2 rings (SSSR count). The number of pyridine rings is 1. The summed E-state index contributed by atoms with van der Waals surface area (Å²) >= 11 is 12.0. The van der Waals surface area contributed by atoms with Crippen LogP contribution in [0.3, 0.4) is 0 Å². The minimum atomic E-state index is -4.45. The highest BCUT2D eigenvalue weighted by molar-refractivity contribution is 6.42. The fourth-order valence-electron chi connectivity index (χ4n) is 1.97. The van der Waals surface area contributed by atoms with Crippen molar-refractivity contribution in [1.29, 1.82) is 0 Å². The highest BCUT2D eigenvalue weighted by Crippen LogP contribution is 2.26. The molecule has 0 bridgehead atoms. The van der Waals surface area contributed by atoms with Crippen molar-refractivity contribution in [3.8, 4) is 5.88 Å². The van der Waals surface area contributed by atoms with Crippen LogP contribution in [-0.4, -0.2) is 35.6 Å². The first kappa shape index (κ1) is 19.3. The molecular weight excluding hydrogens is 380 g/mol. The number of nitrogens with zero attached hydrogens (tertiary/aromatic N) is 2. The van der Waals surface area contributed by atoms with Crippen LogP contribution in [0, 0.1) is 0 Å². The second kappa shape index (κ2) is 7.93. The van der Waals surface area contributed by atoms with Gasteiger partial charge in [0.25, 0.3) is 5.91 Å². The Labute approximate surface area is 152 Å².